The van der Waals surface area contributed by atoms with E-state index in [-0.39, 0.29) is 5.91 Å². The Morgan fingerprint density at radius 3 is 2.29 bits per heavy atom. The van der Waals surface area contributed by atoms with Crippen LogP contribution in [0, 0.1) is 0 Å². The number of pyridine rings is 2. The summed E-state index contributed by atoms with van der Waals surface area (Å²) < 4.78 is 0. The van der Waals surface area contributed by atoms with E-state index in [1.54, 1.807) is 24.8 Å². The van der Waals surface area contributed by atoms with Crippen LogP contribution in [-0.4, -0.2) is 52.0 Å². The highest BCUT2D eigenvalue weighted by Gasteiger charge is 2.23. The highest BCUT2D eigenvalue weighted by molar-refractivity contribution is 6.14. The second-order valence-electron chi connectivity index (χ2n) is 8.43. The lowest BCUT2D eigenvalue weighted by atomic mass is 10.1. The van der Waals surface area contributed by atoms with E-state index in [2.05, 4.69) is 30.1 Å². The number of hydrogen-bond donors (Lipinski definition) is 1. The van der Waals surface area contributed by atoms with E-state index < -0.39 is 0 Å². The van der Waals surface area contributed by atoms with Crippen LogP contribution < -0.4 is 15.1 Å². The molecule has 3 aromatic heterocycles. The minimum absolute atomic E-state index is 0.205. The van der Waals surface area contributed by atoms with Crippen molar-refractivity contribution in [3.63, 3.8) is 0 Å². The number of amides is 1. The maximum atomic E-state index is 13.2. The van der Waals surface area contributed by atoms with E-state index >= 15 is 0 Å². The predicted octanol–water partition coefficient (Wildman–Crippen LogP) is 4.15. The average molecular weight is 462 g/mol. The highest BCUT2D eigenvalue weighted by Crippen LogP contribution is 2.29. The van der Waals surface area contributed by atoms with Gasteiger partial charge >= 0.3 is 0 Å². The van der Waals surface area contributed by atoms with Crippen molar-refractivity contribution in [1.29, 1.82) is 0 Å². The quantitative estimate of drug-likeness (QED) is 0.430. The lowest BCUT2D eigenvalue weighted by molar-refractivity contribution is 0.102. The number of hydrogen-bond acceptors (Lipinski definition) is 7. The molecular formula is C27H23N7O. The Hall–Kier alpha value is -4.59. The van der Waals surface area contributed by atoms with Gasteiger partial charge in [-0.05, 0) is 23.6 Å². The fourth-order valence-electron chi connectivity index (χ4n) is 4.52. The highest BCUT2D eigenvalue weighted by atomic mass is 16.1. The molecule has 2 aromatic carbocycles. The summed E-state index contributed by atoms with van der Waals surface area (Å²) in [7, 11) is 0. The third-order valence-electron chi connectivity index (χ3n) is 6.28. The molecule has 0 radical (unpaired) electrons. The van der Waals surface area contributed by atoms with E-state index in [0.29, 0.717) is 11.3 Å². The summed E-state index contributed by atoms with van der Waals surface area (Å²) in [5.74, 6) is 1.43. The molecule has 0 spiro atoms. The fourth-order valence-corrected chi connectivity index (χ4v) is 4.52. The van der Waals surface area contributed by atoms with E-state index in [0.717, 1.165) is 59.6 Å². The van der Waals surface area contributed by atoms with E-state index in [9.17, 15) is 4.79 Å². The van der Waals surface area contributed by atoms with Gasteiger partial charge in [-0.1, -0.05) is 42.5 Å². The third-order valence-corrected chi connectivity index (χ3v) is 6.28. The predicted molar refractivity (Wildman–Crippen MR) is 138 cm³/mol. The number of piperazine rings is 1. The van der Waals surface area contributed by atoms with Crippen LogP contribution >= 0.6 is 0 Å². The lowest BCUT2D eigenvalue weighted by Crippen LogP contribution is -2.47. The summed E-state index contributed by atoms with van der Waals surface area (Å²) in [5.41, 5.74) is 2.08. The first-order valence-electron chi connectivity index (χ1n) is 11.6. The number of nitrogens with one attached hydrogen (secondary N) is 1. The number of anilines is 3. The summed E-state index contributed by atoms with van der Waals surface area (Å²) in [5, 5.41) is 5.80. The Morgan fingerprint density at radius 2 is 1.46 bits per heavy atom. The van der Waals surface area contributed by atoms with Crippen molar-refractivity contribution < 1.29 is 4.79 Å². The molecule has 0 aliphatic carbocycles. The zero-order chi connectivity index (χ0) is 23.6. The summed E-state index contributed by atoms with van der Waals surface area (Å²) >= 11 is 0. The number of carbonyl (C=O) groups is 1. The summed E-state index contributed by atoms with van der Waals surface area (Å²) in [6.07, 6.45) is 6.89. The van der Waals surface area contributed by atoms with Crippen molar-refractivity contribution in [3.05, 3.63) is 91.0 Å². The molecule has 4 heterocycles. The molecule has 8 nitrogen and oxygen atoms in total. The van der Waals surface area contributed by atoms with E-state index in [1.807, 2.05) is 60.7 Å². The van der Waals surface area contributed by atoms with Gasteiger partial charge in [0.2, 0.25) is 5.95 Å². The number of fused-ring (bicyclic) bond motifs is 2. The van der Waals surface area contributed by atoms with Gasteiger partial charge < -0.3 is 15.1 Å². The van der Waals surface area contributed by atoms with Crippen LogP contribution in [0.2, 0.25) is 0 Å². The molecule has 6 rings (SSSR count). The largest absolute Gasteiger partial charge is 0.353 e. The molecule has 172 valence electrons. The van der Waals surface area contributed by atoms with Gasteiger partial charge in [0, 0.05) is 55.5 Å². The number of aromatic nitrogens is 4. The molecule has 0 bridgehead atoms. The van der Waals surface area contributed by atoms with Crippen LogP contribution in [0.25, 0.3) is 21.7 Å². The Balaban J connectivity index is 1.25. The van der Waals surface area contributed by atoms with Crippen LogP contribution in [0.1, 0.15) is 10.4 Å². The average Bonchev–Trinajstić information content (AvgIpc) is 2.93. The molecule has 1 amide bonds. The first-order valence-corrected chi connectivity index (χ1v) is 11.6. The first-order chi connectivity index (χ1) is 17.3. The first kappa shape index (κ1) is 21.0. The number of carbonyl (C=O) groups excluding carboxylic acids is 1. The molecule has 8 heteroatoms. The molecule has 35 heavy (non-hydrogen) atoms. The van der Waals surface area contributed by atoms with Gasteiger partial charge in [0.25, 0.3) is 5.91 Å². The van der Waals surface area contributed by atoms with Crippen LogP contribution in [-0.2, 0) is 0 Å². The number of benzene rings is 2. The second kappa shape index (κ2) is 8.98. The minimum Gasteiger partial charge on any atom is -0.353 e. The summed E-state index contributed by atoms with van der Waals surface area (Å²) in [6, 6.07) is 19.5. The smallest absolute Gasteiger partial charge is 0.257 e. The molecule has 0 unspecified atom stereocenters. The van der Waals surface area contributed by atoms with Crippen LogP contribution in [0.3, 0.4) is 0 Å². The zero-order valence-electron chi connectivity index (χ0n) is 19.0. The van der Waals surface area contributed by atoms with Crippen LogP contribution in [0.15, 0.2) is 85.5 Å². The van der Waals surface area contributed by atoms with Crippen molar-refractivity contribution >= 4 is 45.0 Å². The van der Waals surface area contributed by atoms with Crippen LogP contribution in [0.4, 0.5) is 17.5 Å². The van der Waals surface area contributed by atoms with Gasteiger partial charge in [0.15, 0.2) is 0 Å². The Bertz CT molecular complexity index is 1510. The maximum Gasteiger partial charge on any atom is 0.257 e. The number of nitrogens with zero attached hydrogens (tertiary/aromatic N) is 6. The summed E-state index contributed by atoms with van der Waals surface area (Å²) in [6.45, 7) is 3.20. The van der Waals surface area contributed by atoms with Gasteiger partial charge in [0.1, 0.15) is 5.82 Å². The van der Waals surface area contributed by atoms with Gasteiger partial charge in [-0.3, -0.25) is 9.78 Å². The van der Waals surface area contributed by atoms with E-state index in [4.69, 9.17) is 4.98 Å². The zero-order valence-corrected chi connectivity index (χ0v) is 19.0. The molecule has 1 aliphatic heterocycles. The second-order valence-corrected chi connectivity index (χ2v) is 8.43. The fraction of sp³-hybridized carbons (Fsp3) is 0.148. The maximum absolute atomic E-state index is 13.2. The lowest BCUT2D eigenvalue weighted by Gasteiger charge is -2.35. The monoisotopic (exact) mass is 461 g/mol. The molecule has 1 saturated heterocycles. The standard InChI is InChI=1S/C27H23N7O/c35-26(32-20-16-19-6-1-4-9-24(19)30-17-20)23-18-31-25(22-8-3-2-7-21(22)23)33-12-14-34(15-13-33)27-28-10-5-11-29-27/h1-11,16-18H,12-15H2,(H,32,35). The molecule has 1 fully saturated rings. The van der Waals surface area contributed by atoms with Crippen molar-refractivity contribution in [1.82, 2.24) is 19.9 Å². The molecule has 0 atom stereocenters. The van der Waals surface area contributed by atoms with Crippen LogP contribution in [0.5, 0.6) is 0 Å². The van der Waals surface area contributed by atoms with E-state index in [1.165, 1.54) is 0 Å². The SMILES string of the molecule is O=C(Nc1cnc2ccccc2c1)c1cnc(N2CCN(c3ncccn3)CC2)c2ccccc12. The van der Waals surface area contributed by atoms with Crippen molar-refractivity contribution in [2.75, 3.05) is 41.3 Å². The van der Waals surface area contributed by atoms with Gasteiger partial charge in [-0.15, -0.1) is 0 Å². The topological polar surface area (TPSA) is 87.1 Å². The molecule has 5 aromatic rings. The molecule has 1 aliphatic rings. The molecule has 0 saturated carbocycles. The van der Waals surface area contributed by atoms with Gasteiger partial charge in [-0.25, -0.2) is 15.0 Å². The summed E-state index contributed by atoms with van der Waals surface area (Å²) in [4.78, 5) is 35.6. The van der Waals surface area contributed by atoms with Gasteiger partial charge in [-0.2, -0.15) is 0 Å². The third kappa shape index (κ3) is 4.10. The Kier molecular flexibility index (Phi) is 5.38. The minimum atomic E-state index is -0.205. The van der Waals surface area contributed by atoms with Crippen molar-refractivity contribution in [2.24, 2.45) is 0 Å². The Morgan fingerprint density at radius 1 is 0.743 bits per heavy atom. The Labute approximate surface area is 202 Å². The van der Waals surface area contributed by atoms with Gasteiger partial charge in [0.05, 0.1) is 23.0 Å². The normalized spacial score (nSPS) is 13.8. The molecular weight excluding hydrogens is 438 g/mol. The number of rotatable bonds is 4. The van der Waals surface area contributed by atoms with Crippen molar-refractivity contribution in [2.45, 2.75) is 0 Å². The van der Waals surface area contributed by atoms with Crippen molar-refractivity contribution in [3.8, 4) is 0 Å². The molecule has 1 N–H and O–H groups in total. The number of para-hydroxylation sites is 1.